The molecule has 2 N–H and O–H groups in total. The van der Waals surface area contributed by atoms with Crippen LogP contribution in [-0.2, 0) is 19.5 Å². The monoisotopic (exact) mass is 190 g/mol. The quantitative estimate of drug-likeness (QED) is 0.783. The van der Waals surface area contributed by atoms with Gasteiger partial charge in [-0.15, -0.1) is 0 Å². The van der Waals surface area contributed by atoms with E-state index in [4.69, 9.17) is 5.73 Å². The standard InChI is InChI=1S/C12H18N2/c1-2-14-8-11-4-3-10(5-6-13)7-12(11)9-14/h3-4,7H,2,5-6,8-9,13H2,1H3. The zero-order valence-electron chi connectivity index (χ0n) is 8.79. The summed E-state index contributed by atoms with van der Waals surface area (Å²) in [7, 11) is 0. The summed E-state index contributed by atoms with van der Waals surface area (Å²) >= 11 is 0. The normalized spacial score (nSPS) is 15.9. The van der Waals surface area contributed by atoms with Gasteiger partial charge < -0.3 is 5.73 Å². The van der Waals surface area contributed by atoms with Gasteiger partial charge >= 0.3 is 0 Å². The van der Waals surface area contributed by atoms with Gasteiger partial charge in [-0.25, -0.2) is 0 Å². The average molecular weight is 190 g/mol. The predicted octanol–water partition coefficient (Wildman–Crippen LogP) is 1.52. The molecule has 76 valence electrons. The van der Waals surface area contributed by atoms with Gasteiger partial charge in [-0.05, 0) is 36.2 Å². The van der Waals surface area contributed by atoms with Gasteiger partial charge in [-0.2, -0.15) is 0 Å². The Labute approximate surface area is 85.7 Å². The van der Waals surface area contributed by atoms with Crippen LogP contribution in [0.2, 0.25) is 0 Å². The van der Waals surface area contributed by atoms with Crippen LogP contribution < -0.4 is 5.73 Å². The lowest BCUT2D eigenvalue weighted by Crippen LogP contribution is -2.14. The molecule has 1 heterocycles. The van der Waals surface area contributed by atoms with Crippen LogP contribution in [0.25, 0.3) is 0 Å². The van der Waals surface area contributed by atoms with Crippen LogP contribution in [0.4, 0.5) is 0 Å². The Kier molecular flexibility index (Phi) is 2.85. The highest BCUT2D eigenvalue weighted by Crippen LogP contribution is 2.23. The highest BCUT2D eigenvalue weighted by molar-refractivity contribution is 5.34. The Morgan fingerprint density at radius 1 is 1.29 bits per heavy atom. The van der Waals surface area contributed by atoms with Crippen LogP contribution in [0.5, 0.6) is 0 Å². The van der Waals surface area contributed by atoms with E-state index in [1.807, 2.05) is 0 Å². The van der Waals surface area contributed by atoms with E-state index in [0.29, 0.717) is 0 Å². The Hall–Kier alpha value is -0.860. The SMILES string of the molecule is CCN1Cc2ccc(CCN)cc2C1. The minimum Gasteiger partial charge on any atom is -0.330 e. The molecule has 0 aromatic heterocycles. The van der Waals surface area contributed by atoms with Crippen LogP contribution in [-0.4, -0.2) is 18.0 Å². The average Bonchev–Trinajstić information content (AvgIpc) is 2.60. The summed E-state index contributed by atoms with van der Waals surface area (Å²) in [4.78, 5) is 2.46. The minimum atomic E-state index is 0.746. The Balaban J connectivity index is 2.17. The molecular formula is C12H18N2. The van der Waals surface area contributed by atoms with Crippen molar-refractivity contribution < 1.29 is 0 Å². The summed E-state index contributed by atoms with van der Waals surface area (Å²) in [6, 6.07) is 6.79. The highest BCUT2D eigenvalue weighted by atomic mass is 15.1. The first kappa shape index (κ1) is 9.69. The first-order valence-corrected chi connectivity index (χ1v) is 5.36. The van der Waals surface area contributed by atoms with Gasteiger partial charge in [-0.3, -0.25) is 4.90 Å². The number of benzene rings is 1. The third-order valence-electron chi connectivity index (χ3n) is 2.94. The fraction of sp³-hybridized carbons (Fsp3) is 0.500. The largest absolute Gasteiger partial charge is 0.330 e. The third-order valence-corrected chi connectivity index (χ3v) is 2.94. The lowest BCUT2D eigenvalue weighted by Gasteiger charge is -2.09. The molecule has 0 saturated heterocycles. The van der Waals surface area contributed by atoms with Crippen molar-refractivity contribution in [3.8, 4) is 0 Å². The van der Waals surface area contributed by atoms with Gasteiger partial charge in [-0.1, -0.05) is 25.1 Å². The van der Waals surface area contributed by atoms with Crippen LogP contribution in [0.3, 0.4) is 0 Å². The van der Waals surface area contributed by atoms with Crippen LogP contribution in [0.1, 0.15) is 23.6 Å². The fourth-order valence-corrected chi connectivity index (χ4v) is 2.06. The van der Waals surface area contributed by atoms with Gasteiger partial charge in [0.05, 0.1) is 0 Å². The van der Waals surface area contributed by atoms with Crippen molar-refractivity contribution in [2.24, 2.45) is 5.73 Å². The topological polar surface area (TPSA) is 29.3 Å². The summed E-state index contributed by atoms with van der Waals surface area (Å²) in [5.74, 6) is 0. The third kappa shape index (κ3) is 1.81. The Bertz CT molecular complexity index is 320. The highest BCUT2D eigenvalue weighted by Gasteiger charge is 2.16. The van der Waals surface area contributed by atoms with Crippen molar-refractivity contribution in [2.75, 3.05) is 13.1 Å². The molecule has 0 bridgehead atoms. The van der Waals surface area contributed by atoms with Crippen molar-refractivity contribution in [2.45, 2.75) is 26.4 Å². The van der Waals surface area contributed by atoms with E-state index >= 15 is 0 Å². The van der Waals surface area contributed by atoms with Crippen LogP contribution in [0, 0.1) is 0 Å². The van der Waals surface area contributed by atoms with E-state index in [2.05, 4.69) is 30.0 Å². The molecule has 0 aliphatic carbocycles. The van der Waals surface area contributed by atoms with E-state index in [1.165, 1.54) is 16.7 Å². The van der Waals surface area contributed by atoms with Crippen molar-refractivity contribution in [1.82, 2.24) is 4.90 Å². The summed E-state index contributed by atoms with van der Waals surface area (Å²) < 4.78 is 0. The van der Waals surface area contributed by atoms with Crippen LogP contribution >= 0.6 is 0 Å². The molecule has 14 heavy (non-hydrogen) atoms. The second-order valence-corrected chi connectivity index (χ2v) is 3.95. The summed E-state index contributed by atoms with van der Waals surface area (Å²) in [6.07, 6.45) is 0.999. The molecule has 0 amide bonds. The zero-order valence-corrected chi connectivity index (χ0v) is 8.79. The van der Waals surface area contributed by atoms with Crippen molar-refractivity contribution in [3.05, 3.63) is 34.9 Å². The molecule has 0 radical (unpaired) electrons. The number of hydrogen-bond acceptors (Lipinski definition) is 2. The smallest absolute Gasteiger partial charge is 0.0240 e. The second kappa shape index (κ2) is 4.11. The lowest BCUT2D eigenvalue weighted by atomic mass is 10.0. The predicted molar refractivity (Wildman–Crippen MR) is 59.0 cm³/mol. The Morgan fingerprint density at radius 3 is 2.79 bits per heavy atom. The number of fused-ring (bicyclic) bond motifs is 1. The van der Waals surface area contributed by atoms with Gasteiger partial charge in [0.2, 0.25) is 0 Å². The molecule has 1 aliphatic heterocycles. The molecule has 2 heteroatoms. The molecule has 2 nitrogen and oxygen atoms in total. The Morgan fingerprint density at radius 2 is 2.07 bits per heavy atom. The summed E-state index contributed by atoms with van der Waals surface area (Å²) in [5.41, 5.74) is 9.92. The molecule has 0 atom stereocenters. The van der Waals surface area contributed by atoms with Gasteiger partial charge in [0.15, 0.2) is 0 Å². The molecule has 0 fully saturated rings. The van der Waals surface area contributed by atoms with E-state index in [-0.39, 0.29) is 0 Å². The van der Waals surface area contributed by atoms with E-state index < -0.39 is 0 Å². The number of nitrogens with two attached hydrogens (primary N) is 1. The van der Waals surface area contributed by atoms with Crippen molar-refractivity contribution in [3.63, 3.8) is 0 Å². The second-order valence-electron chi connectivity index (χ2n) is 3.95. The molecular weight excluding hydrogens is 172 g/mol. The van der Waals surface area contributed by atoms with Gasteiger partial charge in [0, 0.05) is 13.1 Å². The first-order valence-electron chi connectivity index (χ1n) is 5.36. The number of nitrogens with zero attached hydrogens (tertiary/aromatic N) is 1. The van der Waals surface area contributed by atoms with Gasteiger partial charge in [0.25, 0.3) is 0 Å². The first-order chi connectivity index (χ1) is 6.83. The maximum Gasteiger partial charge on any atom is 0.0240 e. The number of hydrogen-bond donors (Lipinski definition) is 1. The molecule has 1 aromatic carbocycles. The molecule has 0 unspecified atom stereocenters. The molecule has 1 aliphatic rings. The maximum atomic E-state index is 5.55. The summed E-state index contributed by atoms with van der Waals surface area (Å²) in [5, 5.41) is 0. The molecule has 2 rings (SSSR count). The summed E-state index contributed by atoms with van der Waals surface area (Å²) in [6.45, 7) is 6.34. The van der Waals surface area contributed by atoms with E-state index in [0.717, 1.165) is 32.6 Å². The maximum absolute atomic E-state index is 5.55. The zero-order chi connectivity index (χ0) is 9.97. The van der Waals surface area contributed by atoms with Crippen molar-refractivity contribution >= 4 is 0 Å². The number of rotatable bonds is 3. The fourth-order valence-electron chi connectivity index (χ4n) is 2.06. The molecule has 0 spiro atoms. The van der Waals surface area contributed by atoms with Crippen LogP contribution in [0.15, 0.2) is 18.2 Å². The van der Waals surface area contributed by atoms with Crippen molar-refractivity contribution in [1.29, 1.82) is 0 Å². The lowest BCUT2D eigenvalue weighted by molar-refractivity contribution is 0.301. The molecule has 1 aromatic rings. The van der Waals surface area contributed by atoms with E-state index in [9.17, 15) is 0 Å². The van der Waals surface area contributed by atoms with Gasteiger partial charge in [0.1, 0.15) is 0 Å². The molecule has 0 saturated carbocycles. The van der Waals surface area contributed by atoms with E-state index in [1.54, 1.807) is 0 Å². The minimum absolute atomic E-state index is 0.746.